The van der Waals surface area contributed by atoms with Crippen LogP contribution in [-0.2, 0) is 6.42 Å². The highest BCUT2D eigenvalue weighted by molar-refractivity contribution is 5.96. The summed E-state index contributed by atoms with van der Waals surface area (Å²) in [7, 11) is 0. The average Bonchev–Trinajstić information content (AvgIpc) is 3.02. The van der Waals surface area contributed by atoms with Crippen LogP contribution < -0.4 is 4.90 Å². The first-order valence-electron chi connectivity index (χ1n) is 12.7. The van der Waals surface area contributed by atoms with Crippen LogP contribution in [0.25, 0.3) is 16.7 Å². The van der Waals surface area contributed by atoms with Crippen molar-refractivity contribution in [2.45, 2.75) is 33.2 Å². The molecule has 36 heavy (non-hydrogen) atoms. The van der Waals surface area contributed by atoms with Crippen molar-refractivity contribution in [2.75, 3.05) is 4.90 Å². The van der Waals surface area contributed by atoms with E-state index in [1.54, 1.807) is 0 Å². The summed E-state index contributed by atoms with van der Waals surface area (Å²) in [5.41, 5.74) is 15.1. The predicted octanol–water partition coefficient (Wildman–Crippen LogP) is 8.93. The Balaban J connectivity index is 1.53. The highest BCUT2D eigenvalue weighted by Gasteiger charge is 2.29. The summed E-state index contributed by atoms with van der Waals surface area (Å²) in [5, 5.41) is 0. The highest BCUT2D eigenvalue weighted by Crippen LogP contribution is 2.45. The Hall–Kier alpha value is -4.10. The van der Waals surface area contributed by atoms with Gasteiger partial charge in [-0.1, -0.05) is 85.0 Å². The molecule has 1 heteroatoms. The maximum absolute atomic E-state index is 4.49. The minimum atomic E-state index is 0.189. The van der Waals surface area contributed by atoms with Crippen molar-refractivity contribution >= 4 is 28.1 Å². The van der Waals surface area contributed by atoms with Gasteiger partial charge in [0.25, 0.3) is 0 Å². The zero-order valence-electron chi connectivity index (χ0n) is 21.3. The van der Waals surface area contributed by atoms with Crippen molar-refractivity contribution in [3.63, 3.8) is 0 Å². The van der Waals surface area contributed by atoms with Crippen molar-refractivity contribution in [2.24, 2.45) is 0 Å². The molecule has 3 aromatic carbocycles. The van der Waals surface area contributed by atoms with Crippen molar-refractivity contribution in [3.05, 3.63) is 149 Å². The Kier molecular flexibility index (Phi) is 5.49. The molecule has 1 heterocycles. The van der Waals surface area contributed by atoms with Gasteiger partial charge in [-0.2, -0.15) is 0 Å². The fourth-order valence-electron chi connectivity index (χ4n) is 5.93. The lowest BCUT2D eigenvalue weighted by molar-refractivity contribution is 0.929. The van der Waals surface area contributed by atoms with Gasteiger partial charge in [-0.3, -0.25) is 0 Å². The summed E-state index contributed by atoms with van der Waals surface area (Å²) >= 11 is 0. The fraction of sp³-hybridized carbons (Fsp3) is 0.143. The molecule has 0 amide bonds. The van der Waals surface area contributed by atoms with E-state index >= 15 is 0 Å². The average molecular weight is 466 g/mol. The van der Waals surface area contributed by atoms with Gasteiger partial charge in [0, 0.05) is 11.3 Å². The molecule has 0 saturated carbocycles. The Labute approximate surface area is 214 Å². The van der Waals surface area contributed by atoms with Gasteiger partial charge in [0.05, 0.1) is 11.7 Å². The van der Waals surface area contributed by atoms with E-state index in [9.17, 15) is 0 Å². The van der Waals surface area contributed by atoms with E-state index in [-0.39, 0.29) is 6.04 Å². The second-order valence-corrected chi connectivity index (χ2v) is 10.0. The second-order valence-electron chi connectivity index (χ2n) is 10.0. The van der Waals surface area contributed by atoms with E-state index in [0.717, 1.165) is 12.0 Å². The van der Waals surface area contributed by atoms with E-state index < -0.39 is 0 Å². The third-order valence-corrected chi connectivity index (χ3v) is 7.57. The molecular formula is C35H31N. The minimum absolute atomic E-state index is 0.189. The van der Waals surface area contributed by atoms with Gasteiger partial charge in [-0.25, -0.2) is 0 Å². The normalized spacial score (nSPS) is 20.6. The zero-order valence-corrected chi connectivity index (χ0v) is 21.3. The van der Waals surface area contributed by atoms with Crippen LogP contribution in [0.2, 0.25) is 0 Å². The van der Waals surface area contributed by atoms with Gasteiger partial charge in [-0.15, -0.1) is 0 Å². The summed E-state index contributed by atoms with van der Waals surface area (Å²) in [6, 6.07) is 22.1. The number of hydrogen-bond acceptors (Lipinski definition) is 1. The first-order valence-corrected chi connectivity index (χ1v) is 12.7. The van der Waals surface area contributed by atoms with Crippen LogP contribution in [-0.4, -0.2) is 6.04 Å². The topological polar surface area (TPSA) is 3.24 Å². The van der Waals surface area contributed by atoms with Gasteiger partial charge < -0.3 is 4.90 Å². The molecular weight excluding hydrogens is 434 g/mol. The Bertz CT molecular complexity index is 1540. The lowest BCUT2D eigenvalue weighted by atomic mass is 9.84. The van der Waals surface area contributed by atoms with Gasteiger partial charge in [0.1, 0.15) is 0 Å². The maximum Gasteiger partial charge on any atom is 0.0718 e. The molecule has 1 nitrogen and oxygen atoms in total. The van der Waals surface area contributed by atoms with Crippen molar-refractivity contribution in [1.82, 2.24) is 0 Å². The molecule has 0 aromatic heterocycles. The molecule has 0 N–H and O–H groups in total. The molecule has 1 atom stereocenters. The summed E-state index contributed by atoms with van der Waals surface area (Å²) in [5.74, 6) is 0. The largest absolute Gasteiger partial charge is 0.330 e. The molecule has 6 rings (SSSR count). The van der Waals surface area contributed by atoms with Crippen LogP contribution in [0.15, 0.2) is 115 Å². The molecule has 3 aromatic rings. The predicted molar refractivity (Wildman–Crippen MR) is 155 cm³/mol. The number of para-hydroxylation sites is 1. The number of hydrogen-bond donors (Lipinski definition) is 0. The molecule has 1 unspecified atom stereocenters. The Morgan fingerprint density at radius 3 is 2.47 bits per heavy atom. The van der Waals surface area contributed by atoms with Crippen LogP contribution in [0.1, 0.15) is 40.3 Å². The van der Waals surface area contributed by atoms with Crippen LogP contribution in [0, 0.1) is 13.8 Å². The zero-order chi connectivity index (χ0) is 24.8. The second kappa shape index (κ2) is 8.84. The highest BCUT2D eigenvalue weighted by atomic mass is 15.2. The van der Waals surface area contributed by atoms with E-state index in [4.69, 9.17) is 0 Å². The molecule has 0 spiro atoms. The van der Waals surface area contributed by atoms with Gasteiger partial charge in [-0.05, 0) is 102 Å². The van der Waals surface area contributed by atoms with Gasteiger partial charge in [0.2, 0.25) is 0 Å². The molecule has 3 aliphatic rings. The van der Waals surface area contributed by atoms with Crippen LogP contribution in [0.4, 0.5) is 11.4 Å². The molecule has 0 radical (unpaired) electrons. The van der Waals surface area contributed by atoms with Crippen LogP contribution >= 0.6 is 0 Å². The first-order chi connectivity index (χ1) is 17.5. The Morgan fingerprint density at radius 2 is 1.64 bits per heavy atom. The first kappa shape index (κ1) is 22.4. The summed E-state index contributed by atoms with van der Waals surface area (Å²) < 4.78 is 0. The standard InChI is InChI=1S/C35H31N/c1-23-16-17-31-22-29(20-23)35-26(4)32(18-19-33(35)36(31)30-14-6-5-7-15-30)28-13-9-12-27-11-8-10-24(2)34(27)25(3)21-28/h5-11,13-22,31H,3,12H2,1-2,4H3/b13-9-,28-21+. The van der Waals surface area contributed by atoms with Crippen LogP contribution in [0.5, 0.6) is 0 Å². The molecule has 0 saturated heterocycles. The number of anilines is 2. The fourth-order valence-corrected chi connectivity index (χ4v) is 5.93. The van der Waals surface area contributed by atoms with Crippen molar-refractivity contribution < 1.29 is 0 Å². The van der Waals surface area contributed by atoms with Gasteiger partial charge >= 0.3 is 0 Å². The molecule has 2 aliphatic carbocycles. The maximum atomic E-state index is 4.49. The lowest BCUT2D eigenvalue weighted by Crippen LogP contribution is -2.31. The van der Waals surface area contributed by atoms with Crippen molar-refractivity contribution in [1.29, 1.82) is 0 Å². The number of allylic oxidation sites excluding steroid dienone is 9. The number of nitrogens with zero attached hydrogens (tertiary/aromatic N) is 1. The Morgan fingerprint density at radius 1 is 0.806 bits per heavy atom. The summed E-state index contributed by atoms with van der Waals surface area (Å²) in [6.07, 6.45) is 17.0. The van der Waals surface area contributed by atoms with Gasteiger partial charge in [0.15, 0.2) is 0 Å². The number of fused-ring (bicyclic) bond motifs is 4. The SMILES string of the molecule is C=C1/C=C(c2ccc3c(c2C)C2=CC(C=CC(C)=C2)N3c2ccccc2)\C=C/Cc2cccc(C)c21. The minimum Gasteiger partial charge on any atom is -0.330 e. The third-order valence-electron chi connectivity index (χ3n) is 7.57. The molecule has 0 fully saturated rings. The molecule has 2 bridgehead atoms. The van der Waals surface area contributed by atoms with E-state index in [1.165, 1.54) is 61.5 Å². The molecule has 1 aliphatic heterocycles. The molecule has 176 valence electrons. The monoisotopic (exact) mass is 465 g/mol. The van der Waals surface area contributed by atoms with E-state index in [2.05, 4.69) is 135 Å². The van der Waals surface area contributed by atoms with Crippen molar-refractivity contribution in [3.8, 4) is 0 Å². The summed E-state index contributed by atoms with van der Waals surface area (Å²) in [4.78, 5) is 2.46. The quantitative estimate of drug-likeness (QED) is 0.365. The lowest BCUT2D eigenvalue weighted by Gasteiger charge is -2.37. The third kappa shape index (κ3) is 3.72. The number of aryl methyl sites for hydroxylation is 1. The smallest absolute Gasteiger partial charge is 0.0718 e. The van der Waals surface area contributed by atoms with E-state index in [0.29, 0.717) is 0 Å². The summed E-state index contributed by atoms with van der Waals surface area (Å²) in [6.45, 7) is 11.1. The van der Waals surface area contributed by atoms with Crippen LogP contribution in [0.3, 0.4) is 0 Å². The van der Waals surface area contributed by atoms with E-state index in [1.807, 2.05) is 0 Å². The number of rotatable bonds is 2. The number of benzene rings is 3.